The summed E-state index contributed by atoms with van der Waals surface area (Å²) in [7, 11) is 0. The molecule has 5 nitrogen and oxygen atoms in total. The molecule has 1 heterocycles. The van der Waals surface area contributed by atoms with E-state index in [1.807, 2.05) is 48.0 Å². The van der Waals surface area contributed by atoms with Crippen LogP contribution >= 0.6 is 27.5 Å². The van der Waals surface area contributed by atoms with E-state index in [9.17, 15) is 4.79 Å². The Balaban J connectivity index is 1.63. The van der Waals surface area contributed by atoms with E-state index in [-0.39, 0.29) is 5.91 Å². The Hall–Kier alpha value is -2.31. The predicted octanol–water partition coefficient (Wildman–Crippen LogP) is 4.83. The van der Waals surface area contributed by atoms with Crippen molar-refractivity contribution in [3.63, 3.8) is 0 Å². The predicted molar refractivity (Wildman–Crippen MR) is 109 cm³/mol. The topological polar surface area (TPSA) is 56.2 Å². The Morgan fingerprint density at radius 2 is 2.07 bits per heavy atom. The molecule has 0 spiro atoms. The van der Waals surface area contributed by atoms with E-state index < -0.39 is 0 Å². The highest BCUT2D eigenvalue weighted by Gasteiger charge is 2.11. The molecular formula is C20H19BrClN3O2. The molecule has 1 amide bonds. The number of hydrogen-bond acceptors (Lipinski definition) is 3. The third-order valence-electron chi connectivity index (χ3n) is 4.03. The molecular weight excluding hydrogens is 430 g/mol. The average molecular weight is 449 g/mol. The number of nitrogens with one attached hydrogen (secondary N) is 1. The molecule has 0 saturated carbocycles. The molecule has 0 aliphatic carbocycles. The zero-order chi connectivity index (χ0) is 19.2. The first-order valence-corrected chi connectivity index (χ1v) is 9.70. The van der Waals surface area contributed by atoms with Gasteiger partial charge in [0.05, 0.1) is 27.9 Å². The number of carbonyl (C=O) groups is 1. The number of rotatable bonds is 7. The molecule has 27 heavy (non-hydrogen) atoms. The van der Waals surface area contributed by atoms with Crippen LogP contribution in [0.25, 0.3) is 0 Å². The Morgan fingerprint density at radius 1 is 1.26 bits per heavy atom. The zero-order valence-corrected chi connectivity index (χ0v) is 17.1. The number of para-hydroxylation sites is 1. The quantitative estimate of drug-likeness (QED) is 0.563. The summed E-state index contributed by atoms with van der Waals surface area (Å²) < 4.78 is 8.47. The van der Waals surface area contributed by atoms with Crippen LogP contribution in [-0.4, -0.2) is 15.7 Å². The number of nitrogens with zero attached hydrogens (tertiary/aromatic N) is 2. The Labute approximate surface area is 171 Å². The molecule has 3 rings (SSSR count). The third kappa shape index (κ3) is 4.90. The van der Waals surface area contributed by atoms with Gasteiger partial charge in [-0.15, -0.1) is 0 Å². The first-order chi connectivity index (χ1) is 13.1. The number of aromatic nitrogens is 2. The summed E-state index contributed by atoms with van der Waals surface area (Å²) in [6.45, 7) is 3.48. The molecule has 1 aromatic heterocycles. The SMILES string of the molecule is CCn1ncc(Br)c1CNC(=O)c1cccc(COc2ccccc2Cl)c1. The molecule has 3 aromatic rings. The van der Waals surface area contributed by atoms with Crippen molar-refractivity contribution in [2.45, 2.75) is 26.6 Å². The maximum Gasteiger partial charge on any atom is 0.251 e. The van der Waals surface area contributed by atoms with Gasteiger partial charge in [0, 0.05) is 12.1 Å². The molecule has 0 aliphatic heterocycles. The lowest BCUT2D eigenvalue weighted by Crippen LogP contribution is -2.24. The summed E-state index contributed by atoms with van der Waals surface area (Å²) in [4.78, 5) is 12.5. The fourth-order valence-corrected chi connectivity index (χ4v) is 3.25. The van der Waals surface area contributed by atoms with Gasteiger partial charge in [0.2, 0.25) is 0 Å². The number of aryl methyl sites for hydroxylation is 1. The second-order valence-electron chi connectivity index (χ2n) is 5.86. The van der Waals surface area contributed by atoms with Gasteiger partial charge in [-0.25, -0.2) is 0 Å². The van der Waals surface area contributed by atoms with Crippen molar-refractivity contribution in [1.29, 1.82) is 0 Å². The van der Waals surface area contributed by atoms with Gasteiger partial charge in [-0.05, 0) is 52.7 Å². The summed E-state index contributed by atoms with van der Waals surface area (Å²) in [6.07, 6.45) is 1.73. The largest absolute Gasteiger partial charge is 0.487 e. The molecule has 0 radical (unpaired) electrons. The van der Waals surface area contributed by atoms with Crippen LogP contribution in [0.5, 0.6) is 5.75 Å². The Morgan fingerprint density at radius 3 is 2.85 bits per heavy atom. The number of carbonyl (C=O) groups excluding carboxylic acids is 1. The fraction of sp³-hybridized carbons (Fsp3) is 0.200. The van der Waals surface area contributed by atoms with Crippen LogP contribution in [0.2, 0.25) is 5.02 Å². The summed E-state index contributed by atoms with van der Waals surface area (Å²) in [6, 6.07) is 14.7. The minimum absolute atomic E-state index is 0.148. The summed E-state index contributed by atoms with van der Waals surface area (Å²) >= 11 is 9.56. The first-order valence-electron chi connectivity index (χ1n) is 8.53. The van der Waals surface area contributed by atoms with Gasteiger partial charge in [0.1, 0.15) is 12.4 Å². The second kappa shape index (κ2) is 9.06. The van der Waals surface area contributed by atoms with Gasteiger partial charge in [-0.2, -0.15) is 5.10 Å². The third-order valence-corrected chi connectivity index (χ3v) is 5.01. The van der Waals surface area contributed by atoms with Crippen LogP contribution in [-0.2, 0) is 19.7 Å². The van der Waals surface area contributed by atoms with E-state index in [0.717, 1.165) is 22.3 Å². The maximum atomic E-state index is 12.5. The van der Waals surface area contributed by atoms with Crippen molar-refractivity contribution in [2.24, 2.45) is 0 Å². The highest BCUT2D eigenvalue weighted by atomic mass is 79.9. The monoisotopic (exact) mass is 447 g/mol. The van der Waals surface area contributed by atoms with Gasteiger partial charge >= 0.3 is 0 Å². The standard InChI is InChI=1S/C20H19BrClN3O2/c1-2-25-18(16(21)11-24-25)12-23-20(26)15-7-5-6-14(10-15)13-27-19-9-4-3-8-17(19)22/h3-11H,2,12-13H2,1H3,(H,23,26). The summed E-state index contributed by atoms with van der Waals surface area (Å²) in [5, 5.41) is 7.75. The average Bonchev–Trinajstić information content (AvgIpc) is 3.05. The Bertz CT molecular complexity index is 942. The summed E-state index contributed by atoms with van der Waals surface area (Å²) in [5.74, 6) is 0.469. The Kier molecular flexibility index (Phi) is 6.53. The molecule has 1 N–H and O–H groups in total. The molecule has 0 unspecified atom stereocenters. The van der Waals surface area contributed by atoms with Gasteiger partial charge in [0.25, 0.3) is 5.91 Å². The lowest BCUT2D eigenvalue weighted by Gasteiger charge is -2.10. The van der Waals surface area contributed by atoms with E-state index in [0.29, 0.717) is 29.5 Å². The van der Waals surface area contributed by atoms with Crippen LogP contribution < -0.4 is 10.1 Å². The van der Waals surface area contributed by atoms with Crippen LogP contribution in [0.3, 0.4) is 0 Å². The lowest BCUT2D eigenvalue weighted by atomic mass is 10.1. The minimum atomic E-state index is -0.148. The van der Waals surface area contributed by atoms with Crippen LogP contribution in [0.4, 0.5) is 0 Å². The second-order valence-corrected chi connectivity index (χ2v) is 7.12. The van der Waals surface area contributed by atoms with Crippen LogP contribution in [0, 0.1) is 0 Å². The number of halogens is 2. The molecule has 0 saturated heterocycles. The highest BCUT2D eigenvalue weighted by Crippen LogP contribution is 2.24. The zero-order valence-electron chi connectivity index (χ0n) is 14.8. The van der Waals surface area contributed by atoms with Gasteiger partial charge < -0.3 is 10.1 Å². The molecule has 7 heteroatoms. The maximum absolute atomic E-state index is 12.5. The summed E-state index contributed by atoms with van der Waals surface area (Å²) in [5.41, 5.74) is 2.40. The van der Waals surface area contributed by atoms with Crippen molar-refractivity contribution in [1.82, 2.24) is 15.1 Å². The van der Waals surface area contributed by atoms with E-state index in [1.165, 1.54) is 0 Å². The number of hydrogen-bond donors (Lipinski definition) is 1. The van der Waals surface area contributed by atoms with E-state index in [1.54, 1.807) is 18.3 Å². The molecule has 2 aromatic carbocycles. The van der Waals surface area contributed by atoms with Crippen molar-refractivity contribution >= 4 is 33.4 Å². The molecule has 140 valence electrons. The van der Waals surface area contributed by atoms with Crippen molar-refractivity contribution in [3.05, 3.63) is 81.0 Å². The first kappa shape index (κ1) is 19.5. The molecule has 0 atom stereocenters. The van der Waals surface area contributed by atoms with Crippen molar-refractivity contribution in [2.75, 3.05) is 0 Å². The molecule has 0 bridgehead atoms. The molecule has 0 fully saturated rings. The number of benzene rings is 2. The van der Waals surface area contributed by atoms with Crippen molar-refractivity contribution in [3.8, 4) is 5.75 Å². The smallest absolute Gasteiger partial charge is 0.251 e. The normalized spacial score (nSPS) is 10.6. The van der Waals surface area contributed by atoms with Crippen LogP contribution in [0.1, 0.15) is 28.5 Å². The van der Waals surface area contributed by atoms with Gasteiger partial charge in [-0.3, -0.25) is 9.48 Å². The van der Waals surface area contributed by atoms with E-state index in [4.69, 9.17) is 16.3 Å². The number of amides is 1. The number of ether oxygens (including phenoxy) is 1. The van der Waals surface area contributed by atoms with E-state index >= 15 is 0 Å². The van der Waals surface area contributed by atoms with Crippen molar-refractivity contribution < 1.29 is 9.53 Å². The fourth-order valence-electron chi connectivity index (χ4n) is 2.63. The van der Waals surface area contributed by atoms with Gasteiger partial charge in [0.15, 0.2) is 0 Å². The minimum Gasteiger partial charge on any atom is -0.487 e. The molecule has 0 aliphatic rings. The van der Waals surface area contributed by atoms with E-state index in [2.05, 4.69) is 26.3 Å². The lowest BCUT2D eigenvalue weighted by molar-refractivity contribution is 0.0949. The highest BCUT2D eigenvalue weighted by molar-refractivity contribution is 9.10. The van der Waals surface area contributed by atoms with Gasteiger partial charge in [-0.1, -0.05) is 35.9 Å². The van der Waals surface area contributed by atoms with Crippen LogP contribution in [0.15, 0.2) is 59.2 Å².